The lowest BCUT2D eigenvalue weighted by atomic mass is 10.0. The second kappa shape index (κ2) is 8.26. The van der Waals surface area contributed by atoms with Crippen LogP contribution in [0.3, 0.4) is 0 Å². The Hall–Kier alpha value is -3.81. The van der Waals surface area contributed by atoms with Gasteiger partial charge in [0.25, 0.3) is 0 Å². The number of ether oxygens (including phenoxy) is 2. The summed E-state index contributed by atoms with van der Waals surface area (Å²) in [6.07, 6.45) is 1.61. The maximum atomic E-state index is 12.7. The molecule has 0 fully saturated rings. The van der Waals surface area contributed by atoms with Crippen LogP contribution in [0, 0.1) is 22.7 Å². The largest absolute Gasteiger partial charge is 0.507 e. The molecule has 2 aromatic carbocycles. The second-order valence-electron chi connectivity index (χ2n) is 6.12. The van der Waals surface area contributed by atoms with E-state index in [0.29, 0.717) is 16.9 Å². The number of phenolic OH excluding ortho intramolecular Hbond substituents is 1. The number of methoxy groups -OCH3 is 1. The normalized spacial score (nSPS) is 13.7. The van der Waals surface area contributed by atoms with Crippen molar-refractivity contribution in [1.29, 1.82) is 10.5 Å². The van der Waals surface area contributed by atoms with Crippen molar-refractivity contribution >= 4 is 11.9 Å². The lowest BCUT2D eigenvalue weighted by molar-refractivity contribution is 0.101. The van der Waals surface area contributed by atoms with Crippen molar-refractivity contribution < 1.29 is 19.4 Å². The lowest BCUT2D eigenvalue weighted by Crippen LogP contribution is -2.24. The summed E-state index contributed by atoms with van der Waals surface area (Å²) in [4.78, 5) is 14.3. The van der Waals surface area contributed by atoms with Crippen molar-refractivity contribution in [2.75, 3.05) is 20.2 Å². The van der Waals surface area contributed by atoms with Gasteiger partial charge in [-0.3, -0.25) is 9.69 Å². The number of ketones is 1. The number of nitriles is 2. The van der Waals surface area contributed by atoms with Crippen LogP contribution in [-0.2, 0) is 6.54 Å². The van der Waals surface area contributed by atoms with Gasteiger partial charge in [-0.05, 0) is 35.9 Å². The first-order chi connectivity index (χ1) is 13.6. The van der Waals surface area contributed by atoms with Gasteiger partial charge in [0.2, 0.25) is 5.78 Å². The summed E-state index contributed by atoms with van der Waals surface area (Å²) in [5.74, 6) is 0.669. The Bertz CT molecular complexity index is 1010. The number of carbonyl (C=O) groups excluding carboxylic acids is 1. The van der Waals surface area contributed by atoms with Crippen LogP contribution < -0.4 is 9.47 Å². The number of hydrogen-bond donors (Lipinski definition) is 1. The van der Waals surface area contributed by atoms with Gasteiger partial charge >= 0.3 is 0 Å². The van der Waals surface area contributed by atoms with Crippen molar-refractivity contribution in [3.63, 3.8) is 0 Å². The highest BCUT2D eigenvalue weighted by Crippen LogP contribution is 2.40. The zero-order valence-corrected chi connectivity index (χ0v) is 15.2. The summed E-state index contributed by atoms with van der Waals surface area (Å²) >= 11 is 0. The third-order valence-corrected chi connectivity index (χ3v) is 4.28. The van der Waals surface area contributed by atoms with Crippen LogP contribution in [0.5, 0.6) is 17.2 Å². The number of phenols is 1. The molecule has 0 amide bonds. The topological polar surface area (TPSA) is 107 Å². The summed E-state index contributed by atoms with van der Waals surface area (Å²) in [5, 5.41) is 28.1. The molecule has 0 atom stereocenters. The first kappa shape index (κ1) is 19.0. The van der Waals surface area contributed by atoms with E-state index in [1.54, 1.807) is 36.3 Å². The zero-order chi connectivity index (χ0) is 20.1. The van der Waals surface area contributed by atoms with Gasteiger partial charge in [-0.15, -0.1) is 0 Å². The highest BCUT2D eigenvalue weighted by Gasteiger charge is 2.31. The molecule has 0 bridgehead atoms. The van der Waals surface area contributed by atoms with E-state index in [4.69, 9.17) is 20.0 Å². The van der Waals surface area contributed by atoms with Crippen LogP contribution >= 0.6 is 0 Å². The van der Waals surface area contributed by atoms with Crippen molar-refractivity contribution in [1.82, 2.24) is 4.90 Å². The molecule has 7 heteroatoms. The number of rotatable bonds is 6. The zero-order valence-electron chi connectivity index (χ0n) is 15.2. The van der Waals surface area contributed by atoms with Gasteiger partial charge in [0.15, 0.2) is 5.76 Å². The maximum absolute atomic E-state index is 12.7. The number of aromatic hydroxyl groups is 1. The van der Waals surface area contributed by atoms with Gasteiger partial charge in [-0.2, -0.15) is 10.5 Å². The molecule has 0 saturated carbocycles. The monoisotopic (exact) mass is 375 g/mol. The van der Waals surface area contributed by atoms with Gasteiger partial charge < -0.3 is 14.6 Å². The fourth-order valence-corrected chi connectivity index (χ4v) is 2.92. The third kappa shape index (κ3) is 3.80. The quantitative estimate of drug-likeness (QED) is 0.611. The van der Waals surface area contributed by atoms with E-state index in [-0.39, 0.29) is 42.7 Å². The van der Waals surface area contributed by atoms with Crippen LogP contribution in [0.15, 0.2) is 42.2 Å². The summed E-state index contributed by atoms with van der Waals surface area (Å²) in [5.41, 5.74) is 1.43. The van der Waals surface area contributed by atoms with E-state index in [1.165, 1.54) is 12.1 Å². The van der Waals surface area contributed by atoms with E-state index in [0.717, 1.165) is 5.56 Å². The van der Waals surface area contributed by atoms with Gasteiger partial charge in [0.1, 0.15) is 17.2 Å². The molecule has 1 aliphatic heterocycles. The number of carbonyl (C=O) groups is 1. The van der Waals surface area contributed by atoms with Crippen LogP contribution in [0.2, 0.25) is 0 Å². The van der Waals surface area contributed by atoms with Gasteiger partial charge in [0.05, 0.1) is 43.5 Å². The maximum Gasteiger partial charge on any atom is 0.231 e. The Morgan fingerprint density at radius 2 is 1.96 bits per heavy atom. The van der Waals surface area contributed by atoms with E-state index in [9.17, 15) is 9.90 Å². The molecule has 2 aromatic rings. The standard InChI is InChI=1S/C21H17N3O4/c1-27-15-4-2-3-14(11-15)12-19-20(26)16-5-6-18(25)17(21(16)28-19)13-24(9-7-22)10-8-23/h2-6,11-12,25H,9-10,13H2,1H3. The number of Topliss-reactive ketones (excluding diaryl/α,β-unsaturated/α-hetero) is 1. The van der Waals surface area contributed by atoms with Crippen LogP contribution in [0.25, 0.3) is 6.08 Å². The Kier molecular flexibility index (Phi) is 5.59. The first-order valence-corrected chi connectivity index (χ1v) is 8.46. The molecule has 0 spiro atoms. The fraction of sp³-hybridized carbons (Fsp3) is 0.190. The molecule has 0 aromatic heterocycles. The van der Waals surface area contributed by atoms with Gasteiger partial charge in [-0.25, -0.2) is 0 Å². The molecule has 0 unspecified atom stereocenters. The summed E-state index contributed by atoms with van der Waals surface area (Å²) in [6, 6.07) is 14.1. The molecule has 7 nitrogen and oxygen atoms in total. The minimum absolute atomic E-state index is 0.0110. The summed E-state index contributed by atoms with van der Waals surface area (Å²) in [6.45, 7) is 0.129. The summed E-state index contributed by atoms with van der Waals surface area (Å²) < 4.78 is 11.0. The predicted molar refractivity (Wildman–Crippen MR) is 101 cm³/mol. The number of fused-ring (bicyclic) bond motifs is 1. The van der Waals surface area contributed by atoms with Crippen LogP contribution in [0.1, 0.15) is 21.5 Å². The Morgan fingerprint density at radius 3 is 2.64 bits per heavy atom. The molecule has 3 rings (SSSR count). The number of allylic oxidation sites excluding steroid dienone is 1. The Balaban J connectivity index is 1.95. The van der Waals surface area contributed by atoms with Crippen LogP contribution in [-0.4, -0.2) is 36.0 Å². The van der Waals surface area contributed by atoms with E-state index in [2.05, 4.69) is 0 Å². The Labute approximate surface area is 162 Å². The van der Waals surface area contributed by atoms with Crippen molar-refractivity contribution in [3.05, 3.63) is 58.8 Å². The number of benzene rings is 2. The number of nitrogens with zero attached hydrogens (tertiary/aromatic N) is 3. The Morgan fingerprint density at radius 1 is 1.21 bits per heavy atom. The number of hydrogen-bond acceptors (Lipinski definition) is 7. The average molecular weight is 375 g/mol. The van der Waals surface area contributed by atoms with E-state index < -0.39 is 0 Å². The smallest absolute Gasteiger partial charge is 0.231 e. The molecule has 28 heavy (non-hydrogen) atoms. The second-order valence-corrected chi connectivity index (χ2v) is 6.12. The molecule has 1 N–H and O–H groups in total. The van der Waals surface area contributed by atoms with E-state index in [1.807, 2.05) is 18.2 Å². The molecular weight excluding hydrogens is 358 g/mol. The molecule has 0 radical (unpaired) electrons. The predicted octanol–water partition coefficient (Wildman–Crippen LogP) is 2.87. The van der Waals surface area contributed by atoms with Gasteiger partial charge in [0, 0.05) is 6.54 Å². The third-order valence-electron chi connectivity index (χ3n) is 4.28. The highest BCUT2D eigenvalue weighted by molar-refractivity contribution is 6.15. The molecule has 140 valence electrons. The van der Waals surface area contributed by atoms with Crippen molar-refractivity contribution in [3.8, 4) is 29.4 Å². The lowest BCUT2D eigenvalue weighted by Gasteiger charge is -2.17. The van der Waals surface area contributed by atoms with Crippen molar-refractivity contribution in [2.45, 2.75) is 6.54 Å². The first-order valence-electron chi connectivity index (χ1n) is 8.46. The molecule has 1 heterocycles. The minimum Gasteiger partial charge on any atom is -0.507 e. The van der Waals surface area contributed by atoms with E-state index >= 15 is 0 Å². The SMILES string of the molecule is COc1cccc(C=C2Oc3c(ccc(O)c3CN(CC#N)CC#N)C2=O)c1. The molecule has 0 saturated heterocycles. The highest BCUT2D eigenvalue weighted by atomic mass is 16.5. The molecular formula is C21H17N3O4. The minimum atomic E-state index is -0.300. The molecule has 0 aliphatic carbocycles. The van der Waals surface area contributed by atoms with Crippen LogP contribution in [0.4, 0.5) is 0 Å². The summed E-state index contributed by atoms with van der Waals surface area (Å²) in [7, 11) is 1.56. The molecule has 1 aliphatic rings. The average Bonchev–Trinajstić information content (AvgIpc) is 3.00. The van der Waals surface area contributed by atoms with Gasteiger partial charge in [-0.1, -0.05) is 12.1 Å². The fourth-order valence-electron chi connectivity index (χ4n) is 2.92. The van der Waals surface area contributed by atoms with Crippen molar-refractivity contribution in [2.24, 2.45) is 0 Å².